The van der Waals surface area contributed by atoms with Crippen molar-refractivity contribution in [2.45, 2.75) is 70.1 Å². The monoisotopic (exact) mass is 505 g/mol. The smallest absolute Gasteiger partial charge is 0.326 e. The van der Waals surface area contributed by atoms with Gasteiger partial charge in [0.1, 0.15) is 18.1 Å². The fraction of sp³-hybridized carbons (Fsp3) is 0.700. The zero-order valence-electron chi connectivity index (χ0n) is 19.5. The van der Waals surface area contributed by atoms with E-state index in [1.165, 1.54) is 11.8 Å². The van der Waals surface area contributed by atoms with Crippen LogP contribution in [0.1, 0.15) is 46.0 Å². The largest absolute Gasteiger partial charge is 0.481 e. The Morgan fingerprint density at radius 3 is 1.85 bits per heavy atom. The zero-order valence-corrected chi connectivity index (χ0v) is 20.4. The highest BCUT2D eigenvalue weighted by atomic mass is 32.2. The minimum Gasteiger partial charge on any atom is -0.481 e. The number of carbonyl (C=O) groups is 6. The number of nitrogens with one attached hydrogen (secondary N) is 3. The Balaban J connectivity index is 5.54. The van der Waals surface area contributed by atoms with Gasteiger partial charge in [-0.1, -0.05) is 13.8 Å². The fourth-order valence-electron chi connectivity index (χ4n) is 2.83. The molecule has 0 fully saturated rings. The molecule has 0 spiro atoms. The van der Waals surface area contributed by atoms with Crippen molar-refractivity contribution in [1.29, 1.82) is 0 Å². The van der Waals surface area contributed by atoms with Crippen molar-refractivity contribution >= 4 is 47.3 Å². The molecule has 0 aromatic heterocycles. The van der Waals surface area contributed by atoms with Gasteiger partial charge in [0, 0.05) is 6.42 Å². The lowest BCUT2D eigenvalue weighted by molar-refractivity contribution is -0.147. The first-order valence-electron chi connectivity index (χ1n) is 10.7. The summed E-state index contributed by atoms with van der Waals surface area (Å²) in [7, 11) is 0. The van der Waals surface area contributed by atoms with Crippen LogP contribution in [0.4, 0.5) is 0 Å². The molecule has 0 aromatic carbocycles. The molecule has 0 aliphatic heterocycles. The van der Waals surface area contributed by atoms with Gasteiger partial charge >= 0.3 is 11.9 Å². The molecule has 0 rings (SSSR count). The maximum Gasteiger partial charge on any atom is 0.326 e. The second kappa shape index (κ2) is 15.9. The third-order valence-electron chi connectivity index (χ3n) is 4.62. The van der Waals surface area contributed by atoms with Crippen LogP contribution in [0.15, 0.2) is 0 Å². The average Bonchev–Trinajstić information content (AvgIpc) is 2.72. The van der Waals surface area contributed by atoms with Crippen LogP contribution in [0.2, 0.25) is 0 Å². The van der Waals surface area contributed by atoms with Crippen LogP contribution in [-0.4, -0.2) is 82.0 Å². The number of aliphatic carboxylic acids is 2. The number of primary amides is 1. The Morgan fingerprint density at radius 1 is 0.853 bits per heavy atom. The number of rotatable bonds is 17. The molecule has 0 aromatic rings. The summed E-state index contributed by atoms with van der Waals surface area (Å²) in [6, 6.07) is -5.03. The molecule has 13 nitrogen and oxygen atoms in total. The van der Waals surface area contributed by atoms with Crippen LogP contribution < -0.4 is 27.4 Å². The van der Waals surface area contributed by atoms with E-state index in [0.29, 0.717) is 12.2 Å². The second-order valence-corrected chi connectivity index (χ2v) is 9.13. The standard InChI is InChI=1S/C20H35N5O8S/c1-10(2)8-13(19(31)25-14(20(32)33)9-16(27)28)24-18(30)12(4-5-15(22)26)23-17(29)11(21)6-7-34-3/h10-14H,4-9,21H2,1-3H3,(H2,22,26)(H,23,29)(H,24,30)(H,25,31)(H,27,28)(H,32,33). The van der Waals surface area contributed by atoms with E-state index < -0.39 is 66.2 Å². The SMILES string of the molecule is CSCCC(N)C(=O)NC(CCC(N)=O)C(=O)NC(CC(C)C)C(=O)NC(CC(=O)O)C(=O)O. The summed E-state index contributed by atoms with van der Waals surface area (Å²) in [5.74, 6) is -5.48. The quantitative estimate of drug-likeness (QED) is 0.119. The van der Waals surface area contributed by atoms with E-state index in [0.717, 1.165) is 0 Å². The summed E-state index contributed by atoms with van der Waals surface area (Å²) in [6.45, 7) is 3.52. The van der Waals surface area contributed by atoms with E-state index in [9.17, 15) is 28.8 Å². The van der Waals surface area contributed by atoms with Crippen LogP contribution in [0, 0.1) is 5.92 Å². The molecule has 14 heteroatoms. The van der Waals surface area contributed by atoms with Gasteiger partial charge in [0.15, 0.2) is 0 Å². The average molecular weight is 506 g/mol. The van der Waals surface area contributed by atoms with Crippen molar-refractivity contribution < 1.29 is 39.0 Å². The number of carboxylic acids is 2. The van der Waals surface area contributed by atoms with E-state index in [2.05, 4.69) is 16.0 Å². The van der Waals surface area contributed by atoms with Crippen LogP contribution in [-0.2, 0) is 28.8 Å². The number of carbonyl (C=O) groups excluding carboxylic acids is 4. The minimum atomic E-state index is -1.70. The van der Waals surface area contributed by atoms with E-state index >= 15 is 0 Å². The Bertz CT molecular complexity index is 748. The third kappa shape index (κ3) is 13.0. The van der Waals surface area contributed by atoms with Crippen LogP contribution in [0.25, 0.3) is 0 Å². The van der Waals surface area contributed by atoms with Gasteiger partial charge in [0.2, 0.25) is 23.6 Å². The molecule has 0 aliphatic rings. The van der Waals surface area contributed by atoms with Crippen molar-refractivity contribution in [2.75, 3.05) is 12.0 Å². The van der Waals surface area contributed by atoms with Gasteiger partial charge in [-0.3, -0.25) is 24.0 Å². The highest BCUT2D eigenvalue weighted by molar-refractivity contribution is 7.98. The Labute approximate surface area is 202 Å². The van der Waals surface area contributed by atoms with Crippen molar-refractivity contribution in [3.8, 4) is 0 Å². The van der Waals surface area contributed by atoms with Crippen molar-refractivity contribution in [3.05, 3.63) is 0 Å². The van der Waals surface area contributed by atoms with Crippen LogP contribution in [0.3, 0.4) is 0 Å². The topological polar surface area (TPSA) is 231 Å². The van der Waals surface area contributed by atoms with Gasteiger partial charge in [0.25, 0.3) is 0 Å². The predicted octanol–water partition coefficient (Wildman–Crippen LogP) is -1.61. The number of amides is 4. The molecular weight excluding hydrogens is 470 g/mol. The molecule has 0 radical (unpaired) electrons. The number of hydrogen-bond donors (Lipinski definition) is 7. The van der Waals surface area contributed by atoms with Gasteiger partial charge in [0.05, 0.1) is 12.5 Å². The summed E-state index contributed by atoms with van der Waals surface area (Å²) in [6.07, 6.45) is 1.08. The van der Waals surface area contributed by atoms with Crippen LogP contribution in [0.5, 0.6) is 0 Å². The van der Waals surface area contributed by atoms with E-state index in [1.807, 2.05) is 6.26 Å². The summed E-state index contributed by atoms with van der Waals surface area (Å²) >= 11 is 1.49. The highest BCUT2D eigenvalue weighted by Crippen LogP contribution is 2.08. The molecular formula is C20H35N5O8S. The second-order valence-electron chi connectivity index (χ2n) is 8.14. The molecule has 0 saturated heterocycles. The molecule has 0 aliphatic carbocycles. The molecule has 0 bridgehead atoms. The molecule has 0 heterocycles. The Kier molecular flexibility index (Phi) is 14.5. The van der Waals surface area contributed by atoms with Crippen LogP contribution >= 0.6 is 11.8 Å². The van der Waals surface area contributed by atoms with E-state index in [4.69, 9.17) is 21.7 Å². The maximum absolute atomic E-state index is 12.9. The predicted molar refractivity (Wildman–Crippen MR) is 125 cm³/mol. The molecule has 4 atom stereocenters. The van der Waals surface area contributed by atoms with Gasteiger partial charge in [-0.05, 0) is 37.2 Å². The molecule has 194 valence electrons. The summed E-state index contributed by atoms with van der Waals surface area (Å²) in [4.78, 5) is 71.4. The normalized spacial score (nSPS) is 14.4. The maximum atomic E-state index is 12.9. The van der Waals surface area contributed by atoms with Crippen molar-refractivity contribution in [2.24, 2.45) is 17.4 Å². The third-order valence-corrected chi connectivity index (χ3v) is 5.26. The van der Waals surface area contributed by atoms with E-state index in [-0.39, 0.29) is 25.2 Å². The molecule has 0 saturated carbocycles. The van der Waals surface area contributed by atoms with Crippen molar-refractivity contribution in [3.63, 3.8) is 0 Å². The Hall–Kier alpha value is -2.87. The summed E-state index contributed by atoms with van der Waals surface area (Å²) in [5, 5.41) is 25.1. The number of carboxylic acid groups (broad SMARTS) is 2. The molecule has 9 N–H and O–H groups in total. The van der Waals surface area contributed by atoms with Gasteiger partial charge in [-0.25, -0.2) is 4.79 Å². The molecule has 4 unspecified atom stereocenters. The lowest BCUT2D eigenvalue weighted by Crippen LogP contribution is -2.57. The minimum absolute atomic E-state index is 0.0979. The summed E-state index contributed by atoms with van der Waals surface area (Å²) in [5.41, 5.74) is 11.0. The number of nitrogens with two attached hydrogens (primary N) is 2. The number of thioether (sulfide) groups is 1. The summed E-state index contributed by atoms with van der Waals surface area (Å²) < 4.78 is 0. The highest BCUT2D eigenvalue weighted by Gasteiger charge is 2.31. The van der Waals surface area contributed by atoms with E-state index in [1.54, 1.807) is 13.8 Å². The Morgan fingerprint density at radius 2 is 1.38 bits per heavy atom. The van der Waals surface area contributed by atoms with Gasteiger partial charge in [-0.15, -0.1) is 0 Å². The van der Waals surface area contributed by atoms with Crippen molar-refractivity contribution in [1.82, 2.24) is 16.0 Å². The lowest BCUT2D eigenvalue weighted by Gasteiger charge is -2.25. The fourth-order valence-corrected chi connectivity index (χ4v) is 3.32. The lowest BCUT2D eigenvalue weighted by atomic mass is 10.0. The van der Waals surface area contributed by atoms with Gasteiger partial charge in [-0.2, -0.15) is 11.8 Å². The first-order chi connectivity index (χ1) is 15.8. The first kappa shape index (κ1) is 31.1. The first-order valence-corrected chi connectivity index (χ1v) is 12.1. The molecule has 4 amide bonds. The molecule has 34 heavy (non-hydrogen) atoms. The van der Waals surface area contributed by atoms with Gasteiger partial charge < -0.3 is 37.6 Å². The number of hydrogen-bond acceptors (Lipinski definition) is 8. The zero-order chi connectivity index (χ0) is 26.4.